The summed E-state index contributed by atoms with van der Waals surface area (Å²) in [6.07, 6.45) is 3.32. The molecular formula is C21H28N2O6. The normalized spacial score (nSPS) is 31.3. The number of aromatic nitrogens is 1. The van der Waals surface area contributed by atoms with Gasteiger partial charge in [-0.2, -0.15) is 5.26 Å². The Labute approximate surface area is 170 Å². The SMILES string of the molecule is CC#N.CCC[C@@H]1OC[C@H]2O[C@@H](CC(=O)/C=C/c3cccnc3)[C@H](O)[C@@H](O)[C@@H]2O1. The van der Waals surface area contributed by atoms with Crippen molar-refractivity contribution in [3.8, 4) is 6.07 Å². The van der Waals surface area contributed by atoms with Crippen LogP contribution in [0.4, 0.5) is 0 Å². The molecule has 2 fully saturated rings. The number of pyridine rings is 1. The molecule has 2 saturated heterocycles. The molecule has 8 heteroatoms. The van der Waals surface area contributed by atoms with Gasteiger partial charge in [-0.15, -0.1) is 0 Å². The maximum absolute atomic E-state index is 12.2. The number of allylic oxidation sites excluding steroid dienone is 1. The van der Waals surface area contributed by atoms with E-state index in [1.165, 1.54) is 13.0 Å². The van der Waals surface area contributed by atoms with E-state index in [0.29, 0.717) is 6.42 Å². The third-order valence-corrected chi connectivity index (χ3v) is 4.61. The van der Waals surface area contributed by atoms with Gasteiger partial charge in [0.2, 0.25) is 0 Å². The van der Waals surface area contributed by atoms with Crippen LogP contribution in [0.2, 0.25) is 0 Å². The van der Waals surface area contributed by atoms with E-state index in [2.05, 4.69) is 4.98 Å². The third kappa shape index (κ3) is 6.70. The van der Waals surface area contributed by atoms with Gasteiger partial charge in [-0.1, -0.05) is 19.4 Å². The van der Waals surface area contributed by atoms with Gasteiger partial charge < -0.3 is 24.4 Å². The van der Waals surface area contributed by atoms with Gasteiger partial charge in [0.15, 0.2) is 12.1 Å². The zero-order valence-electron chi connectivity index (χ0n) is 16.7. The molecule has 0 saturated carbocycles. The lowest BCUT2D eigenvalue weighted by Gasteiger charge is -2.46. The number of nitriles is 1. The van der Waals surface area contributed by atoms with Crippen molar-refractivity contribution in [2.45, 2.75) is 69.9 Å². The van der Waals surface area contributed by atoms with Crippen molar-refractivity contribution >= 4 is 11.9 Å². The smallest absolute Gasteiger partial charge is 0.158 e. The quantitative estimate of drug-likeness (QED) is 0.686. The molecule has 1 aromatic rings. The molecular weight excluding hydrogens is 376 g/mol. The number of carbonyl (C=O) groups excluding carboxylic acids is 1. The Morgan fingerprint density at radius 2 is 2.14 bits per heavy atom. The number of nitrogens with zero attached hydrogens (tertiary/aromatic N) is 2. The highest BCUT2D eigenvalue weighted by Crippen LogP contribution is 2.30. The Kier molecular flexibility index (Phi) is 9.38. The second-order valence-electron chi connectivity index (χ2n) is 6.86. The Hall–Kier alpha value is -2.15. The van der Waals surface area contributed by atoms with Crippen molar-refractivity contribution in [1.82, 2.24) is 4.98 Å². The van der Waals surface area contributed by atoms with Gasteiger partial charge >= 0.3 is 0 Å². The number of carbonyl (C=O) groups is 1. The predicted molar refractivity (Wildman–Crippen MR) is 104 cm³/mol. The second-order valence-corrected chi connectivity index (χ2v) is 6.86. The summed E-state index contributed by atoms with van der Waals surface area (Å²) in [6.45, 7) is 3.72. The van der Waals surface area contributed by atoms with E-state index < -0.39 is 36.8 Å². The van der Waals surface area contributed by atoms with Crippen molar-refractivity contribution in [3.05, 3.63) is 36.2 Å². The van der Waals surface area contributed by atoms with Crippen LogP contribution in [0.15, 0.2) is 30.6 Å². The van der Waals surface area contributed by atoms with Crippen LogP contribution in [-0.4, -0.2) is 64.4 Å². The van der Waals surface area contributed by atoms with E-state index in [0.717, 1.165) is 12.0 Å². The first kappa shape index (κ1) is 23.1. The molecule has 1 aromatic heterocycles. The number of rotatable bonds is 6. The molecule has 0 spiro atoms. The summed E-state index contributed by atoms with van der Waals surface area (Å²) in [4.78, 5) is 16.2. The van der Waals surface area contributed by atoms with Gasteiger partial charge in [-0.3, -0.25) is 9.78 Å². The van der Waals surface area contributed by atoms with Gasteiger partial charge in [-0.25, -0.2) is 0 Å². The Morgan fingerprint density at radius 1 is 1.38 bits per heavy atom. The first-order valence-electron chi connectivity index (χ1n) is 9.70. The molecule has 3 rings (SSSR count). The summed E-state index contributed by atoms with van der Waals surface area (Å²) < 4.78 is 17.1. The van der Waals surface area contributed by atoms with Crippen LogP contribution in [0.25, 0.3) is 6.08 Å². The zero-order valence-corrected chi connectivity index (χ0v) is 16.7. The number of aliphatic hydroxyl groups is 2. The second kappa shape index (κ2) is 11.8. The van der Waals surface area contributed by atoms with Gasteiger partial charge in [0.25, 0.3) is 0 Å². The summed E-state index contributed by atoms with van der Waals surface area (Å²) in [6, 6.07) is 5.37. The fourth-order valence-corrected chi connectivity index (χ4v) is 3.22. The number of fused-ring (bicyclic) bond motifs is 1. The van der Waals surface area contributed by atoms with Crippen LogP contribution in [0.5, 0.6) is 0 Å². The fourth-order valence-electron chi connectivity index (χ4n) is 3.22. The molecule has 8 nitrogen and oxygen atoms in total. The molecule has 0 aliphatic carbocycles. The van der Waals surface area contributed by atoms with Gasteiger partial charge in [0, 0.05) is 25.7 Å². The zero-order chi connectivity index (χ0) is 21.2. The van der Waals surface area contributed by atoms with Crippen molar-refractivity contribution in [3.63, 3.8) is 0 Å². The molecule has 0 aromatic carbocycles. The fraction of sp³-hybridized carbons (Fsp3) is 0.571. The average molecular weight is 404 g/mol. The van der Waals surface area contributed by atoms with Crippen LogP contribution in [0, 0.1) is 11.3 Å². The van der Waals surface area contributed by atoms with E-state index in [-0.39, 0.29) is 18.8 Å². The highest BCUT2D eigenvalue weighted by Gasteiger charge is 2.48. The van der Waals surface area contributed by atoms with Crippen molar-refractivity contribution in [2.24, 2.45) is 0 Å². The van der Waals surface area contributed by atoms with Crippen molar-refractivity contribution in [2.75, 3.05) is 6.61 Å². The lowest BCUT2D eigenvalue weighted by Crippen LogP contribution is -2.62. The monoisotopic (exact) mass is 404 g/mol. The highest BCUT2D eigenvalue weighted by atomic mass is 16.7. The van der Waals surface area contributed by atoms with E-state index in [9.17, 15) is 15.0 Å². The molecule has 2 N–H and O–H groups in total. The van der Waals surface area contributed by atoms with Crippen LogP contribution in [0.3, 0.4) is 0 Å². The molecule has 0 radical (unpaired) electrons. The van der Waals surface area contributed by atoms with Crippen LogP contribution in [-0.2, 0) is 19.0 Å². The molecule has 6 atom stereocenters. The van der Waals surface area contributed by atoms with Gasteiger partial charge in [-0.05, 0) is 30.2 Å². The summed E-state index contributed by atoms with van der Waals surface area (Å²) in [7, 11) is 0. The highest BCUT2D eigenvalue weighted by molar-refractivity contribution is 5.93. The van der Waals surface area contributed by atoms with Gasteiger partial charge in [0.1, 0.15) is 24.4 Å². The number of ketones is 1. The molecule has 29 heavy (non-hydrogen) atoms. The number of ether oxygens (including phenoxy) is 3. The molecule has 2 aliphatic heterocycles. The predicted octanol–water partition coefficient (Wildman–Crippen LogP) is 1.61. The Bertz CT molecular complexity index is 703. The topological polar surface area (TPSA) is 122 Å². The van der Waals surface area contributed by atoms with Crippen LogP contribution >= 0.6 is 0 Å². The molecule has 158 valence electrons. The number of hydrogen-bond donors (Lipinski definition) is 2. The number of hydrogen-bond acceptors (Lipinski definition) is 8. The Morgan fingerprint density at radius 3 is 2.79 bits per heavy atom. The molecule has 0 bridgehead atoms. The number of aliphatic hydroxyl groups excluding tert-OH is 2. The van der Waals surface area contributed by atoms with E-state index in [1.807, 2.05) is 13.0 Å². The molecule has 3 heterocycles. The van der Waals surface area contributed by atoms with Crippen molar-refractivity contribution in [1.29, 1.82) is 5.26 Å². The summed E-state index contributed by atoms with van der Waals surface area (Å²) in [5.74, 6) is -0.204. The lowest BCUT2D eigenvalue weighted by molar-refractivity contribution is -0.325. The first-order chi connectivity index (χ1) is 14.0. The largest absolute Gasteiger partial charge is 0.388 e. The maximum atomic E-state index is 12.2. The average Bonchev–Trinajstić information content (AvgIpc) is 2.72. The van der Waals surface area contributed by atoms with Crippen LogP contribution < -0.4 is 0 Å². The van der Waals surface area contributed by atoms with Crippen LogP contribution in [0.1, 0.15) is 38.7 Å². The minimum Gasteiger partial charge on any atom is -0.388 e. The summed E-state index contributed by atoms with van der Waals surface area (Å²) in [5, 5.41) is 28.1. The summed E-state index contributed by atoms with van der Waals surface area (Å²) >= 11 is 0. The molecule has 0 unspecified atom stereocenters. The van der Waals surface area contributed by atoms with E-state index in [1.54, 1.807) is 30.6 Å². The van der Waals surface area contributed by atoms with E-state index >= 15 is 0 Å². The Balaban J connectivity index is 0.000000941. The van der Waals surface area contributed by atoms with E-state index in [4.69, 9.17) is 19.5 Å². The molecule has 2 aliphatic rings. The van der Waals surface area contributed by atoms with Crippen molar-refractivity contribution < 1.29 is 29.2 Å². The minimum atomic E-state index is -1.19. The first-order valence-corrected chi connectivity index (χ1v) is 9.70. The molecule has 0 amide bonds. The van der Waals surface area contributed by atoms with Gasteiger partial charge in [0.05, 0.1) is 18.8 Å². The standard InChI is InChI=1S/C19H25NO6.C2H3N/c1-2-4-16-24-11-15-19(26-16)18(23)17(22)14(25-15)9-13(21)7-6-12-5-3-8-20-10-12;1-2-3/h3,5-8,10,14-19,22-23H,2,4,9,11H2,1H3;1H3/b7-6+;/t14-,15+,16+,17-,18+,19+;/m0./s1. The minimum absolute atomic E-state index is 0.0312. The summed E-state index contributed by atoms with van der Waals surface area (Å²) in [5.41, 5.74) is 0.808. The maximum Gasteiger partial charge on any atom is 0.158 e. The third-order valence-electron chi connectivity index (χ3n) is 4.61. The lowest BCUT2D eigenvalue weighted by atomic mass is 9.91.